The molecule has 12 heteroatoms. The van der Waals surface area contributed by atoms with Gasteiger partial charge in [-0.2, -0.15) is 0 Å². The quantitative estimate of drug-likeness (QED) is 0.144. The molecular formula is C33H24F12. The summed E-state index contributed by atoms with van der Waals surface area (Å²) in [7, 11) is 0. The number of hydrogen-bond donors (Lipinski definition) is 0. The van der Waals surface area contributed by atoms with Crippen LogP contribution in [0.25, 0.3) is 33.4 Å². The lowest BCUT2D eigenvalue weighted by atomic mass is 9.88. The average molecular weight is 649 g/mol. The van der Waals surface area contributed by atoms with E-state index in [1.54, 1.807) is 0 Å². The van der Waals surface area contributed by atoms with E-state index in [4.69, 9.17) is 0 Å². The molecule has 240 valence electrons. The zero-order valence-electron chi connectivity index (χ0n) is 24.5. The Bertz CT molecular complexity index is 1540. The first-order chi connectivity index (χ1) is 20.8. The standard InChI is InChI=1S/C33H24F12/c1-10(2)16-22(34)28(40)19(29(41)23(16)35)13-7-14(20-30(42)24(36)17(11(3)4)25(37)31(20)43)9-15(8-13)21-32(44)26(38)18(12(5)6)27(39)33(21)45/h7-12H,1-6H3. The van der Waals surface area contributed by atoms with E-state index < -0.39 is 138 Å². The van der Waals surface area contributed by atoms with Crippen molar-refractivity contribution in [2.75, 3.05) is 0 Å². The van der Waals surface area contributed by atoms with E-state index in [9.17, 15) is 26.3 Å². The Labute approximate surface area is 250 Å². The molecule has 0 heterocycles. The van der Waals surface area contributed by atoms with Gasteiger partial charge in [0.25, 0.3) is 0 Å². The molecule has 0 N–H and O–H groups in total. The third kappa shape index (κ3) is 5.35. The molecular weight excluding hydrogens is 624 g/mol. The van der Waals surface area contributed by atoms with Gasteiger partial charge in [-0.25, -0.2) is 52.7 Å². The van der Waals surface area contributed by atoms with E-state index >= 15 is 26.3 Å². The maximum absolute atomic E-state index is 15.4. The van der Waals surface area contributed by atoms with Crippen molar-refractivity contribution in [3.05, 3.63) is 105 Å². The van der Waals surface area contributed by atoms with E-state index in [0.717, 1.165) is 0 Å². The summed E-state index contributed by atoms with van der Waals surface area (Å²) in [5.41, 5.74) is -10.8. The smallest absolute Gasteiger partial charge is 0.170 e. The third-order valence-electron chi connectivity index (χ3n) is 7.42. The summed E-state index contributed by atoms with van der Waals surface area (Å²) < 4.78 is 182. The number of rotatable bonds is 6. The fraction of sp³-hybridized carbons (Fsp3) is 0.273. The number of hydrogen-bond acceptors (Lipinski definition) is 0. The third-order valence-corrected chi connectivity index (χ3v) is 7.42. The molecule has 0 atom stereocenters. The molecule has 0 bridgehead atoms. The van der Waals surface area contributed by atoms with Crippen molar-refractivity contribution in [1.29, 1.82) is 0 Å². The van der Waals surface area contributed by atoms with Crippen LogP contribution in [0.5, 0.6) is 0 Å². The molecule has 45 heavy (non-hydrogen) atoms. The largest absolute Gasteiger partial charge is 0.203 e. The van der Waals surface area contributed by atoms with Crippen LogP contribution in [0.2, 0.25) is 0 Å². The van der Waals surface area contributed by atoms with Gasteiger partial charge in [-0.05, 0) is 52.6 Å². The highest BCUT2D eigenvalue weighted by Crippen LogP contribution is 2.43. The van der Waals surface area contributed by atoms with Crippen LogP contribution in [-0.2, 0) is 0 Å². The van der Waals surface area contributed by atoms with Gasteiger partial charge in [0.15, 0.2) is 69.8 Å². The van der Waals surface area contributed by atoms with Crippen LogP contribution in [0.15, 0.2) is 18.2 Å². The summed E-state index contributed by atoms with van der Waals surface area (Å²) in [4.78, 5) is 0. The van der Waals surface area contributed by atoms with Gasteiger partial charge in [0.2, 0.25) is 0 Å². The van der Waals surface area contributed by atoms with E-state index in [1.165, 1.54) is 41.5 Å². The molecule has 0 saturated heterocycles. The predicted octanol–water partition coefficient (Wildman–Crippen LogP) is 11.7. The molecule has 0 fully saturated rings. The van der Waals surface area contributed by atoms with Crippen LogP contribution in [-0.4, -0.2) is 0 Å². The molecule has 0 aliphatic rings. The first-order valence-corrected chi connectivity index (χ1v) is 13.6. The summed E-state index contributed by atoms with van der Waals surface area (Å²) in [6.45, 7) is 7.27. The molecule has 0 aromatic heterocycles. The molecule has 0 spiro atoms. The lowest BCUT2D eigenvalue weighted by molar-refractivity contribution is 0.435. The van der Waals surface area contributed by atoms with Gasteiger partial charge in [-0.3, -0.25) is 0 Å². The maximum atomic E-state index is 15.4. The Morgan fingerprint density at radius 2 is 0.444 bits per heavy atom. The average Bonchev–Trinajstić information content (AvgIpc) is 2.94. The Morgan fingerprint density at radius 3 is 0.578 bits per heavy atom. The molecule has 0 saturated carbocycles. The minimum Gasteiger partial charge on any atom is -0.203 e. The van der Waals surface area contributed by atoms with Crippen LogP contribution < -0.4 is 0 Å². The van der Waals surface area contributed by atoms with Gasteiger partial charge < -0.3 is 0 Å². The van der Waals surface area contributed by atoms with Gasteiger partial charge in [-0.1, -0.05) is 41.5 Å². The van der Waals surface area contributed by atoms with Gasteiger partial charge in [0.1, 0.15) is 0 Å². The fourth-order valence-electron chi connectivity index (χ4n) is 5.29. The Hall–Kier alpha value is -3.96. The van der Waals surface area contributed by atoms with E-state index in [1.807, 2.05) is 0 Å². The highest BCUT2D eigenvalue weighted by atomic mass is 19.2. The minimum atomic E-state index is -2.04. The topological polar surface area (TPSA) is 0 Å². The summed E-state index contributed by atoms with van der Waals surface area (Å²) in [5.74, 6) is -26.8. The lowest BCUT2D eigenvalue weighted by Gasteiger charge is -2.19. The number of halogens is 12. The molecule has 0 nitrogen and oxygen atoms in total. The summed E-state index contributed by atoms with van der Waals surface area (Å²) >= 11 is 0. The van der Waals surface area contributed by atoms with Crippen molar-refractivity contribution in [2.24, 2.45) is 0 Å². The molecule has 0 amide bonds. The van der Waals surface area contributed by atoms with Crippen molar-refractivity contribution in [2.45, 2.75) is 59.3 Å². The Kier molecular flexibility index (Phi) is 9.12. The SMILES string of the molecule is CC(C)c1c(F)c(F)c(-c2cc(-c3c(F)c(F)c(C(C)C)c(F)c3F)cc(-c3c(F)c(F)c(C(C)C)c(F)c3F)c2)c(F)c1F. The summed E-state index contributed by atoms with van der Waals surface area (Å²) in [6.07, 6.45) is 0. The first kappa shape index (κ1) is 33.9. The van der Waals surface area contributed by atoms with Crippen LogP contribution in [0.1, 0.15) is 76.0 Å². The van der Waals surface area contributed by atoms with Crippen LogP contribution >= 0.6 is 0 Å². The van der Waals surface area contributed by atoms with Crippen LogP contribution in [0, 0.1) is 69.8 Å². The number of benzene rings is 4. The highest BCUT2D eigenvalue weighted by Gasteiger charge is 2.33. The van der Waals surface area contributed by atoms with Gasteiger partial charge >= 0.3 is 0 Å². The first-order valence-electron chi connectivity index (χ1n) is 13.6. The van der Waals surface area contributed by atoms with Crippen molar-refractivity contribution in [3.63, 3.8) is 0 Å². The second-order valence-corrected chi connectivity index (χ2v) is 11.4. The van der Waals surface area contributed by atoms with E-state index in [0.29, 0.717) is 18.2 Å². The Morgan fingerprint density at radius 1 is 0.289 bits per heavy atom. The van der Waals surface area contributed by atoms with Crippen molar-refractivity contribution in [1.82, 2.24) is 0 Å². The van der Waals surface area contributed by atoms with Gasteiger partial charge in [0, 0.05) is 16.7 Å². The van der Waals surface area contributed by atoms with Crippen LogP contribution in [0.4, 0.5) is 52.7 Å². The molecule has 4 aromatic carbocycles. The minimum absolute atomic E-state index is 0.444. The van der Waals surface area contributed by atoms with Gasteiger partial charge in [-0.15, -0.1) is 0 Å². The molecule has 4 rings (SSSR count). The predicted molar refractivity (Wildman–Crippen MR) is 145 cm³/mol. The van der Waals surface area contributed by atoms with Crippen LogP contribution in [0.3, 0.4) is 0 Å². The monoisotopic (exact) mass is 648 g/mol. The normalized spacial score (nSPS) is 11.9. The lowest BCUT2D eigenvalue weighted by Crippen LogP contribution is -2.10. The van der Waals surface area contributed by atoms with E-state index in [-0.39, 0.29) is 0 Å². The second-order valence-electron chi connectivity index (χ2n) is 11.4. The molecule has 0 radical (unpaired) electrons. The second kappa shape index (κ2) is 12.1. The van der Waals surface area contributed by atoms with Crippen molar-refractivity contribution in [3.8, 4) is 33.4 Å². The molecule has 4 aromatic rings. The van der Waals surface area contributed by atoms with Gasteiger partial charge in [0.05, 0.1) is 16.7 Å². The van der Waals surface area contributed by atoms with Crippen molar-refractivity contribution >= 4 is 0 Å². The molecule has 0 aliphatic carbocycles. The zero-order chi connectivity index (χ0) is 34.0. The Balaban J connectivity index is 2.23. The molecule has 0 unspecified atom stereocenters. The fourth-order valence-corrected chi connectivity index (χ4v) is 5.29. The van der Waals surface area contributed by atoms with Crippen molar-refractivity contribution < 1.29 is 52.7 Å². The van der Waals surface area contributed by atoms with E-state index in [2.05, 4.69) is 0 Å². The molecule has 0 aliphatic heterocycles. The zero-order valence-corrected chi connectivity index (χ0v) is 24.5. The summed E-state index contributed by atoms with van der Waals surface area (Å²) in [5, 5.41) is 0. The maximum Gasteiger partial charge on any atom is 0.170 e. The highest BCUT2D eigenvalue weighted by molar-refractivity contribution is 5.83. The summed E-state index contributed by atoms with van der Waals surface area (Å²) in [6, 6.07) is 1.33.